The van der Waals surface area contributed by atoms with Gasteiger partial charge in [-0.3, -0.25) is 0 Å². The molecule has 0 aromatic carbocycles. The molecule has 7 nitrogen and oxygen atoms in total. The van der Waals surface area contributed by atoms with Crippen molar-refractivity contribution in [1.82, 2.24) is 19.5 Å². The van der Waals surface area contributed by atoms with E-state index in [4.69, 9.17) is 9.26 Å². The normalized spacial score (nSPS) is 21.0. The Morgan fingerprint density at radius 1 is 1.18 bits per heavy atom. The summed E-state index contributed by atoms with van der Waals surface area (Å²) in [5.74, 6) is 3.23. The minimum atomic E-state index is -0.0231. The largest absolute Gasteiger partial charge is 0.381 e. The molecule has 1 aliphatic carbocycles. The lowest BCUT2D eigenvalue weighted by Crippen LogP contribution is -2.27. The Morgan fingerprint density at radius 2 is 2.00 bits per heavy atom. The summed E-state index contributed by atoms with van der Waals surface area (Å²) in [4.78, 5) is 9.03. The highest BCUT2D eigenvalue weighted by atomic mass is 32.1. The molecular weight excluding hydrogens is 302 g/mol. The highest BCUT2D eigenvalue weighted by Gasteiger charge is 2.32. The van der Waals surface area contributed by atoms with E-state index in [9.17, 15) is 0 Å². The fourth-order valence-electron chi connectivity index (χ4n) is 2.80. The summed E-state index contributed by atoms with van der Waals surface area (Å²) >= 11 is 1.42. The van der Waals surface area contributed by atoms with E-state index in [0.29, 0.717) is 23.6 Å². The van der Waals surface area contributed by atoms with Gasteiger partial charge in [-0.2, -0.15) is 9.36 Å². The van der Waals surface area contributed by atoms with Crippen LogP contribution in [0.3, 0.4) is 0 Å². The van der Waals surface area contributed by atoms with E-state index in [-0.39, 0.29) is 6.04 Å². The van der Waals surface area contributed by atoms with Crippen LogP contribution in [0.25, 0.3) is 0 Å². The molecular formula is C14H19N5O2S. The highest BCUT2D eigenvalue weighted by molar-refractivity contribution is 7.09. The van der Waals surface area contributed by atoms with Crippen molar-refractivity contribution in [2.24, 2.45) is 5.92 Å². The minimum absolute atomic E-state index is 0.0231. The van der Waals surface area contributed by atoms with Crippen LogP contribution in [0.2, 0.25) is 0 Å². The predicted molar refractivity (Wildman–Crippen MR) is 80.8 cm³/mol. The molecule has 118 valence electrons. The molecule has 8 heteroatoms. The Kier molecular flexibility index (Phi) is 3.79. The summed E-state index contributed by atoms with van der Waals surface area (Å²) < 4.78 is 15.3. The summed E-state index contributed by atoms with van der Waals surface area (Å²) in [5.41, 5.74) is 0. The Bertz CT molecular complexity index is 633. The monoisotopic (exact) mass is 321 g/mol. The zero-order valence-electron chi connectivity index (χ0n) is 12.5. The number of ether oxygens (including phenoxy) is 1. The number of nitrogens with zero attached hydrogens (tertiary/aromatic N) is 4. The number of aryl methyl sites for hydroxylation is 1. The van der Waals surface area contributed by atoms with Gasteiger partial charge in [0, 0.05) is 30.7 Å². The molecule has 2 aliphatic rings. The van der Waals surface area contributed by atoms with Crippen LogP contribution in [0.5, 0.6) is 0 Å². The lowest BCUT2D eigenvalue weighted by molar-refractivity contribution is 0.0571. The van der Waals surface area contributed by atoms with Gasteiger partial charge in [0.15, 0.2) is 5.82 Å². The second kappa shape index (κ2) is 5.92. The van der Waals surface area contributed by atoms with Crippen molar-refractivity contribution in [3.05, 3.63) is 17.5 Å². The van der Waals surface area contributed by atoms with Crippen molar-refractivity contribution in [2.45, 2.75) is 44.6 Å². The molecule has 0 spiro atoms. The second-order valence-corrected chi connectivity index (χ2v) is 6.74. The SMILES string of the molecule is Cc1noc([C@@H](Nc2nc(C3CC3)ns2)C2CCOCC2)n1. The molecule has 1 saturated carbocycles. The van der Waals surface area contributed by atoms with Crippen LogP contribution in [0.1, 0.15) is 55.2 Å². The van der Waals surface area contributed by atoms with Crippen LogP contribution in [0.15, 0.2) is 4.52 Å². The molecule has 0 amide bonds. The van der Waals surface area contributed by atoms with Gasteiger partial charge in [-0.1, -0.05) is 5.16 Å². The quantitative estimate of drug-likeness (QED) is 0.906. The number of hydrogen-bond acceptors (Lipinski definition) is 8. The van der Waals surface area contributed by atoms with E-state index >= 15 is 0 Å². The molecule has 1 atom stereocenters. The summed E-state index contributed by atoms with van der Waals surface area (Å²) in [5, 5.41) is 8.24. The first-order valence-electron chi connectivity index (χ1n) is 7.77. The van der Waals surface area contributed by atoms with Gasteiger partial charge in [-0.15, -0.1) is 0 Å². The zero-order valence-corrected chi connectivity index (χ0v) is 13.3. The van der Waals surface area contributed by atoms with Crippen LogP contribution in [-0.4, -0.2) is 32.7 Å². The van der Waals surface area contributed by atoms with Crippen molar-refractivity contribution < 1.29 is 9.26 Å². The molecule has 2 aromatic heterocycles. The van der Waals surface area contributed by atoms with Gasteiger partial charge in [0.25, 0.3) is 0 Å². The third kappa shape index (κ3) is 2.98. The summed E-state index contributed by atoms with van der Waals surface area (Å²) in [6.45, 7) is 3.39. The molecule has 2 aromatic rings. The average molecular weight is 321 g/mol. The second-order valence-electron chi connectivity index (χ2n) is 5.98. The van der Waals surface area contributed by atoms with Gasteiger partial charge < -0.3 is 14.6 Å². The molecule has 0 unspecified atom stereocenters. The van der Waals surface area contributed by atoms with Crippen molar-refractivity contribution in [2.75, 3.05) is 18.5 Å². The van der Waals surface area contributed by atoms with Crippen LogP contribution >= 0.6 is 11.5 Å². The zero-order chi connectivity index (χ0) is 14.9. The predicted octanol–water partition coefficient (Wildman–Crippen LogP) is 2.69. The van der Waals surface area contributed by atoms with E-state index < -0.39 is 0 Å². The van der Waals surface area contributed by atoms with E-state index in [0.717, 1.165) is 37.0 Å². The number of rotatable bonds is 5. The summed E-state index contributed by atoms with van der Waals surface area (Å²) in [7, 11) is 0. The van der Waals surface area contributed by atoms with Gasteiger partial charge in [0.1, 0.15) is 11.9 Å². The third-order valence-corrected chi connectivity index (χ3v) is 4.87. The number of aromatic nitrogens is 4. The molecule has 0 radical (unpaired) electrons. The first kappa shape index (κ1) is 14.1. The molecule has 1 aliphatic heterocycles. The van der Waals surface area contributed by atoms with Gasteiger partial charge in [0.2, 0.25) is 11.0 Å². The van der Waals surface area contributed by atoms with E-state index in [1.54, 1.807) is 0 Å². The Balaban J connectivity index is 1.55. The van der Waals surface area contributed by atoms with Crippen molar-refractivity contribution in [3.8, 4) is 0 Å². The fraction of sp³-hybridized carbons (Fsp3) is 0.714. The Labute approximate surface area is 132 Å². The first-order valence-corrected chi connectivity index (χ1v) is 8.55. The topological polar surface area (TPSA) is 86.0 Å². The van der Waals surface area contributed by atoms with Gasteiger partial charge in [0.05, 0.1) is 0 Å². The number of anilines is 1. The summed E-state index contributed by atoms with van der Waals surface area (Å²) in [6, 6.07) is -0.0231. The van der Waals surface area contributed by atoms with E-state index in [2.05, 4.69) is 24.8 Å². The molecule has 3 heterocycles. The number of nitrogens with one attached hydrogen (secondary N) is 1. The van der Waals surface area contributed by atoms with Crippen molar-refractivity contribution in [3.63, 3.8) is 0 Å². The highest BCUT2D eigenvalue weighted by Crippen LogP contribution is 2.40. The van der Waals surface area contributed by atoms with Crippen LogP contribution in [0, 0.1) is 12.8 Å². The van der Waals surface area contributed by atoms with Gasteiger partial charge in [-0.05, 0) is 38.5 Å². The third-order valence-electron chi connectivity index (χ3n) is 4.21. The molecule has 2 fully saturated rings. The smallest absolute Gasteiger partial charge is 0.249 e. The lowest BCUT2D eigenvalue weighted by atomic mass is 9.91. The maximum atomic E-state index is 5.47. The Hall–Kier alpha value is -1.54. The maximum absolute atomic E-state index is 5.47. The van der Waals surface area contributed by atoms with E-state index in [1.807, 2.05) is 6.92 Å². The molecule has 1 N–H and O–H groups in total. The number of hydrogen-bond donors (Lipinski definition) is 1. The first-order chi connectivity index (χ1) is 10.8. The lowest BCUT2D eigenvalue weighted by Gasteiger charge is -2.28. The minimum Gasteiger partial charge on any atom is -0.381 e. The van der Waals surface area contributed by atoms with Crippen LogP contribution < -0.4 is 5.32 Å². The molecule has 4 rings (SSSR count). The standard InChI is InChI=1S/C14H19N5O2S/c1-8-15-13(21-18-8)11(9-4-6-20-7-5-9)16-14-17-12(19-22-14)10-2-3-10/h9-11H,2-7H2,1H3,(H,16,17,19)/t11-/m0/s1. The average Bonchev–Trinajstić information content (AvgIpc) is 3.14. The van der Waals surface area contributed by atoms with Gasteiger partial charge in [-0.25, -0.2) is 4.98 Å². The van der Waals surface area contributed by atoms with Crippen LogP contribution in [-0.2, 0) is 4.74 Å². The summed E-state index contributed by atoms with van der Waals surface area (Å²) in [6.07, 6.45) is 4.38. The maximum Gasteiger partial charge on any atom is 0.249 e. The van der Waals surface area contributed by atoms with Crippen LogP contribution in [0.4, 0.5) is 5.13 Å². The van der Waals surface area contributed by atoms with Crippen molar-refractivity contribution >= 4 is 16.7 Å². The molecule has 0 bridgehead atoms. The fourth-order valence-corrected chi connectivity index (χ4v) is 3.49. The molecule has 22 heavy (non-hydrogen) atoms. The van der Waals surface area contributed by atoms with Crippen molar-refractivity contribution in [1.29, 1.82) is 0 Å². The molecule has 1 saturated heterocycles. The van der Waals surface area contributed by atoms with Gasteiger partial charge >= 0.3 is 0 Å². The Morgan fingerprint density at radius 3 is 2.68 bits per heavy atom. The van der Waals surface area contributed by atoms with E-state index in [1.165, 1.54) is 24.4 Å².